The molecule has 0 aliphatic heterocycles. The molecule has 6 nitrogen and oxygen atoms in total. The van der Waals surface area contributed by atoms with E-state index < -0.39 is 0 Å². The van der Waals surface area contributed by atoms with Crippen LogP contribution in [0.2, 0.25) is 0 Å². The number of nitrogens with zero attached hydrogens (tertiary/aromatic N) is 2. The zero-order valence-electron chi connectivity index (χ0n) is 16.8. The summed E-state index contributed by atoms with van der Waals surface area (Å²) >= 11 is 0. The van der Waals surface area contributed by atoms with Crippen LogP contribution in [-0.2, 0) is 11.3 Å². The van der Waals surface area contributed by atoms with Gasteiger partial charge in [-0.25, -0.2) is 4.99 Å². The van der Waals surface area contributed by atoms with Gasteiger partial charge >= 0.3 is 0 Å². The first kappa shape index (κ1) is 20.8. The first-order valence-electron chi connectivity index (χ1n) is 9.61. The van der Waals surface area contributed by atoms with Gasteiger partial charge in [-0.1, -0.05) is 23.8 Å². The predicted octanol–water partition coefficient (Wildman–Crippen LogP) is 2.71. The molecule has 0 bridgehead atoms. The molecular weight excluding hydrogens is 340 g/mol. The third-order valence-corrected chi connectivity index (χ3v) is 4.61. The van der Waals surface area contributed by atoms with Crippen molar-refractivity contribution in [3.8, 4) is 5.75 Å². The van der Waals surface area contributed by atoms with E-state index in [2.05, 4.69) is 21.7 Å². The van der Waals surface area contributed by atoms with Crippen LogP contribution < -0.4 is 15.4 Å². The molecular formula is C21H32N4O2. The lowest BCUT2D eigenvalue weighted by Gasteiger charge is -2.16. The number of methoxy groups -OCH3 is 1. The van der Waals surface area contributed by atoms with Crippen molar-refractivity contribution in [2.75, 3.05) is 34.3 Å². The number of allylic oxidation sites excluding steroid dienone is 1. The van der Waals surface area contributed by atoms with E-state index in [9.17, 15) is 4.79 Å². The maximum Gasteiger partial charge on any atom is 0.241 e. The Balaban J connectivity index is 1.91. The minimum absolute atomic E-state index is 0.0175. The predicted molar refractivity (Wildman–Crippen MR) is 110 cm³/mol. The number of aliphatic imine (C=N–C) groups is 1. The molecule has 1 amide bonds. The summed E-state index contributed by atoms with van der Waals surface area (Å²) in [6.07, 6.45) is 8.38. The number of nitrogens with one attached hydrogen (secondary N) is 2. The molecule has 0 unspecified atom stereocenters. The van der Waals surface area contributed by atoms with Gasteiger partial charge in [0.2, 0.25) is 5.91 Å². The van der Waals surface area contributed by atoms with Crippen LogP contribution in [0.1, 0.15) is 37.7 Å². The summed E-state index contributed by atoms with van der Waals surface area (Å²) in [4.78, 5) is 18.1. The molecule has 2 N–H and O–H groups in total. The lowest BCUT2D eigenvalue weighted by molar-refractivity contribution is -0.127. The summed E-state index contributed by atoms with van der Waals surface area (Å²) in [5.41, 5.74) is 2.61. The van der Waals surface area contributed by atoms with Gasteiger partial charge in [-0.15, -0.1) is 0 Å². The van der Waals surface area contributed by atoms with E-state index in [0.29, 0.717) is 12.5 Å². The van der Waals surface area contributed by atoms with E-state index in [1.54, 1.807) is 26.1 Å². The van der Waals surface area contributed by atoms with Gasteiger partial charge in [0.1, 0.15) is 5.75 Å². The lowest BCUT2D eigenvalue weighted by Crippen LogP contribution is -2.43. The summed E-state index contributed by atoms with van der Waals surface area (Å²) in [7, 11) is 5.16. The maximum absolute atomic E-state index is 11.9. The molecule has 1 aliphatic carbocycles. The number of ether oxygens (including phenoxy) is 1. The zero-order valence-corrected chi connectivity index (χ0v) is 16.8. The average molecular weight is 373 g/mol. The fraction of sp³-hybridized carbons (Fsp3) is 0.524. The molecule has 0 spiro atoms. The molecule has 0 fully saturated rings. The Kier molecular flexibility index (Phi) is 8.68. The first-order chi connectivity index (χ1) is 13.1. The Labute approximate surface area is 162 Å². The van der Waals surface area contributed by atoms with Crippen molar-refractivity contribution in [2.24, 2.45) is 4.99 Å². The Bertz CT molecular complexity index is 651. The quantitative estimate of drug-likeness (QED) is 0.418. The van der Waals surface area contributed by atoms with E-state index in [0.717, 1.165) is 24.3 Å². The molecule has 148 valence electrons. The Morgan fingerprint density at radius 2 is 1.96 bits per heavy atom. The van der Waals surface area contributed by atoms with Crippen LogP contribution in [0.3, 0.4) is 0 Å². The molecule has 6 heteroatoms. The molecule has 1 aromatic carbocycles. The van der Waals surface area contributed by atoms with Crippen molar-refractivity contribution < 1.29 is 9.53 Å². The van der Waals surface area contributed by atoms with Crippen LogP contribution in [0, 0.1) is 0 Å². The molecule has 0 saturated carbocycles. The van der Waals surface area contributed by atoms with E-state index in [1.165, 1.54) is 31.3 Å². The van der Waals surface area contributed by atoms with Gasteiger partial charge in [-0.05, 0) is 49.8 Å². The molecule has 0 heterocycles. The topological polar surface area (TPSA) is 66.0 Å². The number of rotatable bonds is 8. The molecule has 0 atom stereocenters. The van der Waals surface area contributed by atoms with E-state index in [1.807, 2.05) is 24.3 Å². The standard InChI is InChI=1S/C21H32N4O2/c1-25(2)20(26)16-24-21(22-14-13-17-7-5-4-6-8-17)23-15-18-9-11-19(27-3)12-10-18/h7,9-12H,4-6,8,13-16H2,1-3H3,(H2,22,23,24). The average Bonchev–Trinajstić information content (AvgIpc) is 2.70. The van der Waals surface area contributed by atoms with Gasteiger partial charge in [0.05, 0.1) is 20.2 Å². The SMILES string of the molecule is COc1ccc(CN=C(NCCC2=CCCCC2)NCC(=O)N(C)C)cc1. The highest BCUT2D eigenvalue weighted by molar-refractivity contribution is 5.86. The lowest BCUT2D eigenvalue weighted by atomic mass is 9.97. The highest BCUT2D eigenvalue weighted by atomic mass is 16.5. The van der Waals surface area contributed by atoms with E-state index in [-0.39, 0.29) is 12.5 Å². The third-order valence-electron chi connectivity index (χ3n) is 4.61. The molecule has 1 aliphatic rings. The zero-order chi connectivity index (χ0) is 19.5. The van der Waals surface area contributed by atoms with Gasteiger partial charge in [-0.3, -0.25) is 4.79 Å². The number of hydrogen-bond acceptors (Lipinski definition) is 3. The smallest absolute Gasteiger partial charge is 0.241 e. The molecule has 0 aromatic heterocycles. The second-order valence-electron chi connectivity index (χ2n) is 6.94. The van der Waals surface area contributed by atoms with Crippen LogP contribution in [0.5, 0.6) is 5.75 Å². The molecule has 1 aromatic rings. The van der Waals surface area contributed by atoms with Gasteiger partial charge in [0.25, 0.3) is 0 Å². The summed E-state index contributed by atoms with van der Waals surface area (Å²) in [6.45, 7) is 1.58. The van der Waals surface area contributed by atoms with Crippen LogP contribution in [0.15, 0.2) is 40.9 Å². The number of hydrogen-bond donors (Lipinski definition) is 2. The van der Waals surface area contributed by atoms with Crippen molar-refractivity contribution in [3.05, 3.63) is 41.5 Å². The number of likely N-dealkylation sites (N-methyl/N-ethyl adjacent to an activating group) is 1. The number of amides is 1. The fourth-order valence-electron chi connectivity index (χ4n) is 2.87. The normalized spacial score (nSPS) is 14.3. The fourth-order valence-corrected chi connectivity index (χ4v) is 2.87. The summed E-state index contributed by atoms with van der Waals surface area (Å²) in [6, 6.07) is 7.85. The van der Waals surface area contributed by atoms with Gasteiger partial charge in [0, 0.05) is 20.6 Å². The Hall–Kier alpha value is -2.50. The van der Waals surface area contributed by atoms with Crippen LogP contribution in [-0.4, -0.2) is 51.1 Å². The van der Waals surface area contributed by atoms with Crippen molar-refractivity contribution in [1.29, 1.82) is 0 Å². The Morgan fingerprint density at radius 3 is 2.59 bits per heavy atom. The number of benzene rings is 1. The minimum atomic E-state index is 0.0175. The van der Waals surface area contributed by atoms with Crippen LogP contribution >= 0.6 is 0 Å². The number of carbonyl (C=O) groups excluding carboxylic acids is 1. The first-order valence-corrected chi connectivity index (χ1v) is 9.61. The Morgan fingerprint density at radius 1 is 1.19 bits per heavy atom. The van der Waals surface area contributed by atoms with Crippen molar-refractivity contribution >= 4 is 11.9 Å². The largest absolute Gasteiger partial charge is 0.497 e. The van der Waals surface area contributed by atoms with E-state index in [4.69, 9.17) is 4.74 Å². The monoisotopic (exact) mass is 372 g/mol. The van der Waals surface area contributed by atoms with Crippen molar-refractivity contribution in [2.45, 2.75) is 38.6 Å². The minimum Gasteiger partial charge on any atom is -0.497 e. The van der Waals surface area contributed by atoms with Gasteiger partial charge < -0.3 is 20.3 Å². The molecule has 0 saturated heterocycles. The molecule has 27 heavy (non-hydrogen) atoms. The third kappa shape index (κ3) is 7.72. The van der Waals surface area contributed by atoms with Gasteiger partial charge in [0.15, 0.2) is 5.96 Å². The maximum atomic E-state index is 11.9. The number of carbonyl (C=O) groups is 1. The summed E-state index contributed by atoms with van der Waals surface area (Å²) < 4.78 is 5.18. The highest BCUT2D eigenvalue weighted by Gasteiger charge is 2.07. The molecule has 2 rings (SSSR count). The molecule has 0 radical (unpaired) electrons. The van der Waals surface area contributed by atoms with Crippen LogP contribution in [0.25, 0.3) is 0 Å². The van der Waals surface area contributed by atoms with Crippen molar-refractivity contribution in [1.82, 2.24) is 15.5 Å². The van der Waals surface area contributed by atoms with Crippen molar-refractivity contribution in [3.63, 3.8) is 0 Å². The summed E-state index contributed by atoms with van der Waals surface area (Å²) in [5, 5.41) is 6.49. The highest BCUT2D eigenvalue weighted by Crippen LogP contribution is 2.19. The van der Waals surface area contributed by atoms with Gasteiger partial charge in [-0.2, -0.15) is 0 Å². The number of guanidine groups is 1. The second-order valence-corrected chi connectivity index (χ2v) is 6.94. The van der Waals surface area contributed by atoms with Crippen LogP contribution in [0.4, 0.5) is 0 Å². The van der Waals surface area contributed by atoms with E-state index >= 15 is 0 Å². The second kappa shape index (κ2) is 11.3. The summed E-state index contributed by atoms with van der Waals surface area (Å²) in [5.74, 6) is 1.51.